The molecule has 0 atom stereocenters. The molecule has 0 aliphatic heterocycles. The van der Waals surface area contributed by atoms with E-state index in [9.17, 15) is 4.79 Å². The summed E-state index contributed by atoms with van der Waals surface area (Å²) in [6, 6.07) is 9.57. The Bertz CT molecular complexity index is 1120. The van der Waals surface area contributed by atoms with Crippen LogP contribution in [0.4, 0.5) is 0 Å². The Morgan fingerprint density at radius 2 is 1.87 bits per heavy atom. The largest absolute Gasteiger partial charge is 0.496 e. The molecule has 0 fully saturated rings. The van der Waals surface area contributed by atoms with Crippen LogP contribution >= 0.6 is 47.8 Å². The number of ketones is 1. The highest BCUT2D eigenvalue weighted by Crippen LogP contribution is 2.37. The van der Waals surface area contributed by atoms with Crippen LogP contribution in [-0.4, -0.2) is 22.7 Å². The summed E-state index contributed by atoms with van der Waals surface area (Å²) in [5.74, 6) is 1.34. The van der Waals surface area contributed by atoms with E-state index in [0.717, 1.165) is 36.8 Å². The number of methoxy groups -OCH3 is 1. The van der Waals surface area contributed by atoms with E-state index in [2.05, 4.69) is 52.9 Å². The molecule has 0 saturated carbocycles. The van der Waals surface area contributed by atoms with Gasteiger partial charge in [-0.25, -0.2) is 0 Å². The summed E-state index contributed by atoms with van der Waals surface area (Å²) >= 11 is 10.5. The molecular weight excluding hydrogens is 592 g/mol. The summed E-state index contributed by atoms with van der Waals surface area (Å²) in [6.07, 6.45) is 4.98. The second kappa shape index (κ2) is 10.6. The minimum atomic E-state index is -0.0754. The highest BCUT2D eigenvalue weighted by molar-refractivity contribution is 9.11. The third-order valence-corrected chi connectivity index (χ3v) is 6.37. The van der Waals surface area contributed by atoms with E-state index in [1.54, 1.807) is 25.5 Å². The van der Waals surface area contributed by atoms with E-state index in [1.165, 1.54) is 0 Å². The first-order chi connectivity index (χ1) is 14.8. The van der Waals surface area contributed by atoms with Gasteiger partial charge in [-0.05, 0) is 81.6 Å². The Balaban J connectivity index is 1.79. The summed E-state index contributed by atoms with van der Waals surface area (Å²) in [7, 11) is 1.62. The second-order valence-electron chi connectivity index (χ2n) is 6.72. The molecule has 1 aromatic heterocycles. The highest BCUT2D eigenvalue weighted by atomic mass is 79.9. The lowest BCUT2D eigenvalue weighted by Crippen LogP contribution is -2.02. The molecule has 162 valence electrons. The molecule has 0 saturated heterocycles. The molecule has 0 spiro atoms. The molecule has 5 nitrogen and oxygen atoms in total. The van der Waals surface area contributed by atoms with Crippen molar-refractivity contribution in [2.75, 3.05) is 7.11 Å². The first kappa shape index (κ1) is 23.8. The van der Waals surface area contributed by atoms with Crippen molar-refractivity contribution in [2.24, 2.45) is 0 Å². The van der Waals surface area contributed by atoms with Crippen LogP contribution in [0.1, 0.15) is 34.1 Å². The molecule has 0 bridgehead atoms. The van der Waals surface area contributed by atoms with Gasteiger partial charge in [-0.1, -0.05) is 28.1 Å². The van der Waals surface area contributed by atoms with Gasteiger partial charge < -0.3 is 9.47 Å². The summed E-state index contributed by atoms with van der Waals surface area (Å²) < 4.78 is 15.9. The average Bonchev–Trinajstić information content (AvgIpc) is 3.11. The fraction of sp³-hybridized carbons (Fsp3) is 0.217. The van der Waals surface area contributed by atoms with Gasteiger partial charge in [-0.3, -0.25) is 9.48 Å². The number of hydrogen-bond donors (Lipinski definition) is 0. The molecule has 31 heavy (non-hydrogen) atoms. The zero-order chi connectivity index (χ0) is 22.5. The summed E-state index contributed by atoms with van der Waals surface area (Å²) in [5, 5.41) is 4.24. The first-order valence-electron chi connectivity index (χ1n) is 9.53. The smallest absolute Gasteiger partial charge is 0.189 e. The van der Waals surface area contributed by atoms with Gasteiger partial charge in [-0.2, -0.15) is 5.10 Å². The van der Waals surface area contributed by atoms with Crippen LogP contribution in [0.15, 0.2) is 56.0 Å². The lowest BCUT2D eigenvalue weighted by molar-refractivity contribution is 0.104. The Kier molecular flexibility index (Phi) is 8.13. The normalized spacial score (nSPS) is 11.2. The van der Waals surface area contributed by atoms with E-state index in [1.807, 2.05) is 48.9 Å². The van der Waals surface area contributed by atoms with Crippen LogP contribution in [0.2, 0.25) is 0 Å². The van der Waals surface area contributed by atoms with Crippen molar-refractivity contribution in [2.45, 2.75) is 27.0 Å². The quantitative estimate of drug-likeness (QED) is 0.203. The summed E-state index contributed by atoms with van der Waals surface area (Å²) in [6.45, 7) is 4.93. The maximum absolute atomic E-state index is 12.6. The Morgan fingerprint density at radius 1 is 1.16 bits per heavy atom. The van der Waals surface area contributed by atoms with Crippen LogP contribution in [0.5, 0.6) is 11.5 Å². The molecule has 3 rings (SSSR count). The topological polar surface area (TPSA) is 53.4 Å². The second-order valence-corrected chi connectivity index (χ2v) is 9.34. The van der Waals surface area contributed by atoms with Gasteiger partial charge in [0.05, 0.1) is 27.8 Å². The van der Waals surface area contributed by atoms with Crippen molar-refractivity contribution in [3.8, 4) is 11.5 Å². The molecular formula is C23H21Br3N2O3. The lowest BCUT2D eigenvalue weighted by atomic mass is 10.1. The van der Waals surface area contributed by atoms with Gasteiger partial charge in [-0.15, -0.1) is 0 Å². The zero-order valence-corrected chi connectivity index (χ0v) is 22.0. The number of allylic oxidation sites excluding steroid dienone is 1. The van der Waals surface area contributed by atoms with Crippen molar-refractivity contribution in [3.63, 3.8) is 0 Å². The van der Waals surface area contributed by atoms with E-state index in [4.69, 9.17) is 9.47 Å². The van der Waals surface area contributed by atoms with Gasteiger partial charge in [0.25, 0.3) is 0 Å². The third kappa shape index (κ3) is 5.67. The monoisotopic (exact) mass is 610 g/mol. The van der Waals surface area contributed by atoms with Crippen molar-refractivity contribution < 1.29 is 14.3 Å². The minimum absolute atomic E-state index is 0.0754. The van der Waals surface area contributed by atoms with E-state index >= 15 is 0 Å². The molecule has 1 heterocycles. The molecule has 0 aliphatic rings. The molecule has 0 unspecified atom stereocenters. The maximum atomic E-state index is 12.6. The number of nitrogens with zero attached hydrogens (tertiary/aromatic N) is 2. The Morgan fingerprint density at radius 3 is 2.48 bits per heavy atom. The number of benzene rings is 2. The number of hydrogen-bond acceptors (Lipinski definition) is 4. The molecule has 8 heteroatoms. The van der Waals surface area contributed by atoms with Crippen LogP contribution in [0.3, 0.4) is 0 Å². The van der Waals surface area contributed by atoms with Crippen molar-refractivity contribution in [1.29, 1.82) is 0 Å². The van der Waals surface area contributed by atoms with Gasteiger partial charge >= 0.3 is 0 Å². The molecule has 3 aromatic rings. The number of carbonyl (C=O) groups is 1. The molecule has 0 amide bonds. The van der Waals surface area contributed by atoms with Crippen molar-refractivity contribution in [1.82, 2.24) is 9.78 Å². The Labute approximate surface area is 206 Å². The van der Waals surface area contributed by atoms with Crippen LogP contribution < -0.4 is 9.47 Å². The number of rotatable bonds is 8. The standard InChI is InChI=1S/C23H21Br3N2O3/c1-4-28-14(2)18(12-27-28)21(29)7-5-15-6-8-22(30-3)16(9-15)13-31-23-19(25)10-17(24)11-20(23)26/h5-12H,4,13H2,1-3H3/b7-5+. The molecule has 0 N–H and O–H groups in total. The van der Waals surface area contributed by atoms with E-state index in [-0.39, 0.29) is 5.78 Å². The van der Waals surface area contributed by atoms with Crippen molar-refractivity contribution in [3.05, 3.63) is 78.4 Å². The molecule has 2 aromatic carbocycles. The van der Waals surface area contributed by atoms with Gasteiger partial charge in [0.1, 0.15) is 18.1 Å². The fourth-order valence-electron chi connectivity index (χ4n) is 3.10. The van der Waals surface area contributed by atoms with Gasteiger partial charge in [0, 0.05) is 22.3 Å². The van der Waals surface area contributed by atoms with E-state index in [0.29, 0.717) is 23.7 Å². The number of ether oxygens (including phenoxy) is 2. The van der Waals surface area contributed by atoms with Crippen LogP contribution in [0.25, 0.3) is 6.08 Å². The van der Waals surface area contributed by atoms with Gasteiger partial charge in [0.15, 0.2) is 5.78 Å². The van der Waals surface area contributed by atoms with Crippen LogP contribution in [-0.2, 0) is 13.2 Å². The average molecular weight is 613 g/mol. The minimum Gasteiger partial charge on any atom is -0.496 e. The maximum Gasteiger partial charge on any atom is 0.189 e. The number of carbonyl (C=O) groups excluding carboxylic acids is 1. The molecule has 0 radical (unpaired) electrons. The predicted molar refractivity (Wildman–Crippen MR) is 133 cm³/mol. The van der Waals surface area contributed by atoms with Crippen LogP contribution in [0, 0.1) is 6.92 Å². The van der Waals surface area contributed by atoms with E-state index < -0.39 is 0 Å². The Hall–Kier alpha value is -1.90. The number of aryl methyl sites for hydroxylation is 1. The van der Waals surface area contributed by atoms with Crippen molar-refractivity contribution >= 4 is 59.6 Å². The SMILES string of the molecule is CCn1ncc(C(=O)/C=C/c2ccc(OC)c(COc3c(Br)cc(Br)cc3Br)c2)c1C. The first-order valence-corrected chi connectivity index (χ1v) is 11.9. The summed E-state index contributed by atoms with van der Waals surface area (Å²) in [5.41, 5.74) is 3.22. The molecule has 0 aliphatic carbocycles. The lowest BCUT2D eigenvalue weighted by Gasteiger charge is -2.14. The zero-order valence-electron chi connectivity index (χ0n) is 17.3. The van der Waals surface area contributed by atoms with Gasteiger partial charge in [0.2, 0.25) is 0 Å². The number of halogens is 3. The fourth-order valence-corrected chi connectivity index (χ4v) is 5.59. The summed E-state index contributed by atoms with van der Waals surface area (Å²) in [4.78, 5) is 12.6. The predicted octanol–water partition coefficient (Wildman–Crippen LogP) is 6.98. The number of aromatic nitrogens is 2. The third-order valence-electron chi connectivity index (χ3n) is 4.73. The highest BCUT2D eigenvalue weighted by Gasteiger charge is 2.13.